The Morgan fingerprint density at radius 3 is 3.00 bits per heavy atom. The van der Waals surface area contributed by atoms with Gasteiger partial charge >= 0.3 is 5.97 Å². The monoisotopic (exact) mass is 224 g/mol. The Balaban J connectivity index is 2.61. The van der Waals surface area contributed by atoms with Gasteiger partial charge in [-0.05, 0) is 25.0 Å². The first-order chi connectivity index (χ1) is 7.67. The van der Waals surface area contributed by atoms with Crippen molar-refractivity contribution in [2.24, 2.45) is 5.73 Å². The Kier molecular flexibility index (Phi) is 4.72. The predicted molar refractivity (Wildman–Crippen MR) is 59.1 cm³/mol. The highest BCUT2D eigenvalue weighted by molar-refractivity contribution is 5.75. The summed E-state index contributed by atoms with van der Waals surface area (Å²) < 4.78 is 9.80. The Morgan fingerprint density at radius 1 is 1.62 bits per heavy atom. The molecular formula is C11H16N2O3. The largest absolute Gasteiger partial charge is 0.481 e. The lowest BCUT2D eigenvalue weighted by atomic mass is 10.1. The Labute approximate surface area is 94.6 Å². The van der Waals surface area contributed by atoms with Crippen LogP contribution >= 0.6 is 0 Å². The molecule has 0 radical (unpaired) electrons. The molecule has 88 valence electrons. The Bertz CT molecular complexity index is 355. The van der Waals surface area contributed by atoms with Crippen LogP contribution in [0.5, 0.6) is 5.88 Å². The number of pyridine rings is 1. The van der Waals surface area contributed by atoms with Gasteiger partial charge in [0.25, 0.3) is 0 Å². The van der Waals surface area contributed by atoms with Crippen molar-refractivity contribution < 1.29 is 14.3 Å². The lowest BCUT2D eigenvalue weighted by Crippen LogP contribution is -2.34. The number of hydrogen-bond donors (Lipinski definition) is 1. The smallest absolute Gasteiger partial charge is 0.323 e. The van der Waals surface area contributed by atoms with E-state index < -0.39 is 12.0 Å². The molecule has 1 rings (SSSR count). The molecule has 0 saturated heterocycles. The van der Waals surface area contributed by atoms with E-state index in [2.05, 4.69) is 4.98 Å². The summed E-state index contributed by atoms with van der Waals surface area (Å²) in [4.78, 5) is 15.3. The normalized spacial score (nSPS) is 11.9. The molecule has 0 bridgehead atoms. The third kappa shape index (κ3) is 3.51. The van der Waals surface area contributed by atoms with Gasteiger partial charge in [0.15, 0.2) is 0 Å². The van der Waals surface area contributed by atoms with E-state index in [-0.39, 0.29) is 0 Å². The minimum absolute atomic E-state index is 0.339. The summed E-state index contributed by atoms with van der Waals surface area (Å²) in [5.74, 6) is 0.117. The molecule has 5 heteroatoms. The zero-order chi connectivity index (χ0) is 12.0. The average molecular weight is 224 g/mol. The number of rotatable bonds is 5. The molecule has 1 heterocycles. The van der Waals surface area contributed by atoms with Crippen LogP contribution in [-0.4, -0.2) is 30.7 Å². The highest BCUT2D eigenvalue weighted by Crippen LogP contribution is 2.10. The Morgan fingerprint density at radius 2 is 2.38 bits per heavy atom. The zero-order valence-electron chi connectivity index (χ0n) is 9.47. The minimum atomic E-state index is -0.646. The van der Waals surface area contributed by atoms with Gasteiger partial charge in [-0.2, -0.15) is 0 Å². The highest BCUT2D eigenvalue weighted by Gasteiger charge is 2.15. The fourth-order valence-corrected chi connectivity index (χ4v) is 1.28. The van der Waals surface area contributed by atoms with Crippen LogP contribution in [0.15, 0.2) is 18.3 Å². The van der Waals surface area contributed by atoms with Crippen molar-refractivity contribution in [3.8, 4) is 5.88 Å². The van der Waals surface area contributed by atoms with Crippen LogP contribution in [-0.2, 0) is 16.0 Å². The second kappa shape index (κ2) is 6.07. The van der Waals surface area contributed by atoms with E-state index in [9.17, 15) is 4.79 Å². The van der Waals surface area contributed by atoms with E-state index in [1.807, 2.05) is 0 Å². The van der Waals surface area contributed by atoms with Gasteiger partial charge in [-0.1, -0.05) is 0 Å². The molecule has 1 atom stereocenters. The lowest BCUT2D eigenvalue weighted by molar-refractivity contribution is -0.144. The topological polar surface area (TPSA) is 74.4 Å². The van der Waals surface area contributed by atoms with Gasteiger partial charge in [-0.3, -0.25) is 4.79 Å². The van der Waals surface area contributed by atoms with Crippen molar-refractivity contribution in [2.75, 3.05) is 13.7 Å². The molecule has 1 unspecified atom stereocenters. The average Bonchev–Trinajstić information content (AvgIpc) is 2.29. The molecule has 1 aromatic rings. The highest BCUT2D eigenvalue weighted by atomic mass is 16.5. The van der Waals surface area contributed by atoms with E-state index in [0.29, 0.717) is 18.9 Å². The van der Waals surface area contributed by atoms with Gasteiger partial charge in [-0.15, -0.1) is 0 Å². The molecule has 0 saturated carbocycles. The van der Waals surface area contributed by atoms with E-state index in [1.54, 1.807) is 25.3 Å². The number of aromatic nitrogens is 1. The molecule has 0 aliphatic heterocycles. The van der Waals surface area contributed by atoms with Crippen LogP contribution in [0, 0.1) is 0 Å². The first-order valence-corrected chi connectivity index (χ1v) is 5.08. The van der Waals surface area contributed by atoms with Gasteiger partial charge in [0.05, 0.1) is 13.7 Å². The molecule has 0 fully saturated rings. The summed E-state index contributed by atoms with van der Waals surface area (Å²) in [6.07, 6.45) is 2.03. The summed E-state index contributed by atoms with van der Waals surface area (Å²) in [5.41, 5.74) is 6.59. The van der Waals surface area contributed by atoms with Gasteiger partial charge in [-0.25, -0.2) is 4.98 Å². The number of esters is 1. The number of nitrogens with zero attached hydrogens (tertiary/aromatic N) is 1. The van der Waals surface area contributed by atoms with Gasteiger partial charge in [0.2, 0.25) is 5.88 Å². The number of nitrogens with two attached hydrogens (primary N) is 1. The van der Waals surface area contributed by atoms with E-state index in [1.165, 1.54) is 7.11 Å². The summed E-state index contributed by atoms with van der Waals surface area (Å²) in [6.45, 7) is 2.09. The fourth-order valence-electron chi connectivity index (χ4n) is 1.28. The predicted octanol–water partition coefficient (Wildman–Crippen LogP) is 0.523. The molecule has 2 N–H and O–H groups in total. The summed E-state index contributed by atoms with van der Waals surface area (Å²) in [7, 11) is 1.54. The number of hydrogen-bond acceptors (Lipinski definition) is 5. The number of carbonyl (C=O) groups excluding carboxylic acids is 1. The molecule has 16 heavy (non-hydrogen) atoms. The van der Waals surface area contributed by atoms with Crippen molar-refractivity contribution in [3.05, 3.63) is 23.9 Å². The molecule has 0 aliphatic rings. The standard InChI is InChI=1S/C11H16N2O3/c1-3-16-11(14)9(12)6-8-4-5-13-10(7-8)15-2/h4-5,7,9H,3,6,12H2,1-2H3. The molecular weight excluding hydrogens is 208 g/mol. The molecule has 0 aliphatic carbocycles. The van der Waals surface area contributed by atoms with E-state index >= 15 is 0 Å². The number of ether oxygens (including phenoxy) is 2. The van der Waals surface area contributed by atoms with E-state index in [0.717, 1.165) is 5.56 Å². The van der Waals surface area contributed by atoms with Crippen LogP contribution in [0.2, 0.25) is 0 Å². The Hall–Kier alpha value is -1.62. The minimum Gasteiger partial charge on any atom is -0.481 e. The van der Waals surface area contributed by atoms with Crippen LogP contribution in [0.25, 0.3) is 0 Å². The first kappa shape index (κ1) is 12.4. The van der Waals surface area contributed by atoms with Crippen molar-refractivity contribution in [1.82, 2.24) is 4.98 Å². The van der Waals surface area contributed by atoms with Crippen molar-refractivity contribution in [1.29, 1.82) is 0 Å². The molecule has 1 aromatic heterocycles. The summed E-state index contributed by atoms with van der Waals surface area (Å²) in [5, 5.41) is 0. The zero-order valence-corrected chi connectivity index (χ0v) is 9.47. The van der Waals surface area contributed by atoms with Gasteiger partial charge < -0.3 is 15.2 Å². The van der Waals surface area contributed by atoms with E-state index in [4.69, 9.17) is 15.2 Å². The fraction of sp³-hybridized carbons (Fsp3) is 0.455. The van der Waals surface area contributed by atoms with Crippen molar-refractivity contribution >= 4 is 5.97 Å². The van der Waals surface area contributed by atoms with Gasteiger partial charge in [0, 0.05) is 12.3 Å². The second-order valence-electron chi connectivity index (χ2n) is 3.27. The molecule has 0 spiro atoms. The maximum absolute atomic E-state index is 11.3. The molecule has 0 amide bonds. The molecule has 5 nitrogen and oxygen atoms in total. The van der Waals surface area contributed by atoms with Crippen LogP contribution in [0.4, 0.5) is 0 Å². The van der Waals surface area contributed by atoms with Gasteiger partial charge in [0.1, 0.15) is 6.04 Å². The van der Waals surface area contributed by atoms with Crippen molar-refractivity contribution in [3.63, 3.8) is 0 Å². The maximum Gasteiger partial charge on any atom is 0.323 e. The van der Waals surface area contributed by atoms with Crippen LogP contribution in [0.1, 0.15) is 12.5 Å². The summed E-state index contributed by atoms with van der Waals surface area (Å²) in [6, 6.07) is 2.90. The number of methoxy groups -OCH3 is 1. The summed E-state index contributed by atoms with van der Waals surface area (Å²) >= 11 is 0. The maximum atomic E-state index is 11.3. The van der Waals surface area contributed by atoms with Crippen molar-refractivity contribution in [2.45, 2.75) is 19.4 Å². The SMILES string of the molecule is CCOC(=O)C(N)Cc1ccnc(OC)c1. The quantitative estimate of drug-likeness (QED) is 0.738. The van der Waals surface area contributed by atoms with Crippen LogP contribution < -0.4 is 10.5 Å². The third-order valence-electron chi connectivity index (χ3n) is 2.05. The molecule has 0 aromatic carbocycles. The lowest BCUT2D eigenvalue weighted by Gasteiger charge is -2.10. The van der Waals surface area contributed by atoms with Crippen LogP contribution in [0.3, 0.4) is 0 Å². The third-order valence-corrected chi connectivity index (χ3v) is 2.05. The second-order valence-corrected chi connectivity index (χ2v) is 3.27. The number of carbonyl (C=O) groups is 1. The first-order valence-electron chi connectivity index (χ1n) is 5.08.